The van der Waals surface area contributed by atoms with E-state index >= 15 is 0 Å². The largest absolute Gasteiger partial charge is 0.463 e. The second-order valence-electron chi connectivity index (χ2n) is 6.89. The molecule has 1 saturated heterocycles. The Morgan fingerprint density at radius 1 is 1.03 bits per heavy atom. The van der Waals surface area contributed by atoms with E-state index < -0.39 is 42.3 Å². The highest BCUT2D eigenvalue weighted by Gasteiger charge is 2.51. The van der Waals surface area contributed by atoms with Crippen LogP contribution in [0.5, 0.6) is 0 Å². The molecule has 12 heteroatoms. The van der Waals surface area contributed by atoms with Crippen LogP contribution in [0.3, 0.4) is 0 Å². The Bertz CT molecular complexity index is 1020. The van der Waals surface area contributed by atoms with Gasteiger partial charge in [0.1, 0.15) is 30.7 Å². The van der Waals surface area contributed by atoms with Gasteiger partial charge in [0.2, 0.25) is 5.91 Å². The zero-order chi connectivity index (χ0) is 22.7. The summed E-state index contributed by atoms with van der Waals surface area (Å²) in [6.45, 7) is 4.80. The first kappa shape index (κ1) is 22.2. The third-order valence-electron chi connectivity index (χ3n) is 4.43. The first-order chi connectivity index (χ1) is 14.7. The van der Waals surface area contributed by atoms with Crippen LogP contribution >= 0.6 is 0 Å². The van der Waals surface area contributed by atoms with E-state index in [0.717, 1.165) is 0 Å². The lowest BCUT2D eigenvalue weighted by atomic mass is 10.1. The highest BCUT2D eigenvalue weighted by Crippen LogP contribution is 2.38. The van der Waals surface area contributed by atoms with Gasteiger partial charge in [0.05, 0.1) is 5.69 Å². The van der Waals surface area contributed by atoms with E-state index in [1.54, 1.807) is 12.1 Å². The van der Waals surface area contributed by atoms with E-state index in [9.17, 15) is 19.2 Å². The van der Waals surface area contributed by atoms with Crippen molar-refractivity contribution in [3.63, 3.8) is 0 Å². The van der Waals surface area contributed by atoms with Crippen LogP contribution in [-0.2, 0) is 38.1 Å². The summed E-state index contributed by atoms with van der Waals surface area (Å²) in [7, 11) is 0. The van der Waals surface area contributed by atoms with Gasteiger partial charge in [-0.25, -0.2) is 9.50 Å². The lowest BCUT2D eigenvalue weighted by Crippen LogP contribution is -2.40. The standard InChI is InChI=1S/C19H22N4O8/c1-9(24)22-19-14-6-5-13(23(14)21-8-20-19)16-18(30-12(4)27)17(29-11(3)26)15(31-16)7-28-10(2)25/h5-6,8,15-18H,7H2,1-4H3,(H,20,21,22,24)/t15-,16-,17-,18+/m1/s1. The second kappa shape index (κ2) is 9.08. The van der Waals surface area contributed by atoms with E-state index in [0.29, 0.717) is 11.2 Å². The maximum absolute atomic E-state index is 11.8. The Hall–Kier alpha value is -3.54. The van der Waals surface area contributed by atoms with Gasteiger partial charge in [0.15, 0.2) is 18.0 Å². The van der Waals surface area contributed by atoms with Crippen LogP contribution in [0.2, 0.25) is 0 Å². The summed E-state index contributed by atoms with van der Waals surface area (Å²) >= 11 is 0. The molecule has 2 aromatic heterocycles. The molecule has 1 aliphatic heterocycles. The molecule has 4 atom stereocenters. The maximum Gasteiger partial charge on any atom is 0.303 e. The number of carbonyl (C=O) groups excluding carboxylic acids is 4. The van der Waals surface area contributed by atoms with E-state index in [1.807, 2.05) is 0 Å². The average Bonchev–Trinajstić information content (AvgIpc) is 3.22. The number of amides is 1. The van der Waals surface area contributed by atoms with Crippen LogP contribution in [0.4, 0.5) is 5.82 Å². The summed E-state index contributed by atoms with van der Waals surface area (Å²) in [4.78, 5) is 50.2. The molecule has 166 valence electrons. The summed E-state index contributed by atoms with van der Waals surface area (Å²) in [5, 5.41) is 6.80. The molecule has 0 spiro atoms. The van der Waals surface area contributed by atoms with E-state index in [1.165, 1.54) is 38.5 Å². The van der Waals surface area contributed by atoms with Crippen molar-refractivity contribution in [2.45, 2.75) is 52.1 Å². The Morgan fingerprint density at radius 2 is 1.71 bits per heavy atom. The van der Waals surface area contributed by atoms with Crippen LogP contribution in [-0.4, -0.2) is 63.3 Å². The Morgan fingerprint density at radius 3 is 2.32 bits per heavy atom. The Kier molecular flexibility index (Phi) is 6.49. The minimum Gasteiger partial charge on any atom is -0.463 e. The number of nitrogens with one attached hydrogen (secondary N) is 1. The smallest absolute Gasteiger partial charge is 0.303 e. The molecule has 3 heterocycles. The number of esters is 3. The SMILES string of the molecule is CC(=O)Nc1ncnn2c([C@H]3O[C@H](COC(C)=O)[C@@H](OC(C)=O)[C@H]3OC(C)=O)ccc12. The molecule has 1 aliphatic rings. The fourth-order valence-electron chi connectivity index (χ4n) is 3.39. The molecule has 1 fully saturated rings. The number of aromatic nitrogens is 3. The minimum absolute atomic E-state index is 0.211. The van der Waals surface area contributed by atoms with Gasteiger partial charge in [0, 0.05) is 27.7 Å². The van der Waals surface area contributed by atoms with Gasteiger partial charge >= 0.3 is 17.9 Å². The Balaban J connectivity index is 2.02. The maximum atomic E-state index is 11.8. The predicted molar refractivity (Wildman–Crippen MR) is 103 cm³/mol. The molecule has 3 rings (SSSR count). The summed E-state index contributed by atoms with van der Waals surface area (Å²) < 4.78 is 23.3. The van der Waals surface area contributed by atoms with E-state index in [4.69, 9.17) is 18.9 Å². The molecule has 12 nitrogen and oxygen atoms in total. The lowest BCUT2D eigenvalue weighted by Gasteiger charge is -2.23. The van der Waals surface area contributed by atoms with Gasteiger partial charge in [0.25, 0.3) is 0 Å². The van der Waals surface area contributed by atoms with E-state index in [-0.39, 0.29) is 18.3 Å². The zero-order valence-electron chi connectivity index (χ0n) is 17.4. The number of anilines is 1. The lowest BCUT2D eigenvalue weighted by molar-refractivity contribution is -0.165. The van der Waals surface area contributed by atoms with Gasteiger partial charge in [-0.3, -0.25) is 19.2 Å². The number of hydrogen-bond donors (Lipinski definition) is 1. The van der Waals surface area contributed by atoms with Crippen molar-refractivity contribution in [3.05, 3.63) is 24.2 Å². The first-order valence-electron chi connectivity index (χ1n) is 9.41. The highest BCUT2D eigenvalue weighted by molar-refractivity contribution is 5.91. The van der Waals surface area contributed by atoms with Gasteiger partial charge in [-0.2, -0.15) is 5.10 Å². The van der Waals surface area contributed by atoms with Crippen LogP contribution < -0.4 is 5.32 Å². The molecular weight excluding hydrogens is 412 g/mol. The van der Waals surface area contributed by atoms with Crippen LogP contribution in [0.1, 0.15) is 39.5 Å². The van der Waals surface area contributed by atoms with Crippen molar-refractivity contribution >= 4 is 35.1 Å². The normalized spacial score (nSPS) is 22.7. The van der Waals surface area contributed by atoms with Crippen molar-refractivity contribution in [2.24, 2.45) is 0 Å². The Labute approximate surface area is 176 Å². The van der Waals surface area contributed by atoms with Gasteiger partial charge in [-0.05, 0) is 12.1 Å². The molecule has 1 amide bonds. The summed E-state index contributed by atoms with van der Waals surface area (Å²) in [5.41, 5.74) is 0.933. The molecule has 0 aromatic carbocycles. The molecule has 0 unspecified atom stereocenters. The minimum atomic E-state index is -1.03. The number of hydrogen-bond acceptors (Lipinski definition) is 10. The quantitative estimate of drug-likeness (QED) is 0.505. The number of nitrogens with zero attached hydrogens (tertiary/aromatic N) is 3. The predicted octanol–water partition coefficient (Wildman–Crippen LogP) is 0.554. The molecule has 0 aliphatic carbocycles. The number of rotatable bonds is 6. The van der Waals surface area contributed by atoms with Crippen molar-refractivity contribution < 1.29 is 38.1 Å². The highest BCUT2D eigenvalue weighted by atomic mass is 16.6. The molecule has 1 N–H and O–H groups in total. The summed E-state index contributed by atoms with van der Waals surface area (Å²) in [6, 6.07) is 3.32. The molecule has 2 aromatic rings. The van der Waals surface area contributed by atoms with Gasteiger partial charge in [-0.1, -0.05) is 0 Å². The van der Waals surface area contributed by atoms with Crippen molar-refractivity contribution in [1.82, 2.24) is 14.6 Å². The van der Waals surface area contributed by atoms with E-state index in [2.05, 4.69) is 15.4 Å². The fourth-order valence-corrected chi connectivity index (χ4v) is 3.39. The monoisotopic (exact) mass is 434 g/mol. The van der Waals surface area contributed by atoms with Crippen molar-refractivity contribution in [1.29, 1.82) is 0 Å². The van der Waals surface area contributed by atoms with Crippen molar-refractivity contribution in [3.8, 4) is 0 Å². The summed E-state index contributed by atoms with van der Waals surface area (Å²) in [6.07, 6.45) is -2.59. The molecule has 0 bridgehead atoms. The molecule has 0 saturated carbocycles. The summed E-state index contributed by atoms with van der Waals surface area (Å²) in [5.74, 6) is -1.80. The molecule has 31 heavy (non-hydrogen) atoms. The third-order valence-corrected chi connectivity index (χ3v) is 4.43. The van der Waals surface area contributed by atoms with Crippen LogP contribution in [0.25, 0.3) is 5.52 Å². The van der Waals surface area contributed by atoms with Crippen LogP contribution in [0, 0.1) is 0 Å². The van der Waals surface area contributed by atoms with Gasteiger partial charge < -0.3 is 24.3 Å². The number of fused-ring (bicyclic) bond motifs is 1. The first-order valence-corrected chi connectivity index (χ1v) is 9.41. The van der Waals surface area contributed by atoms with Gasteiger partial charge in [-0.15, -0.1) is 0 Å². The second-order valence-corrected chi connectivity index (χ2v) is 6.89. The average molecular weight is 434 g/mol. The fraction of sp³-hybridized carbons (Fsp3) is 0.474. The van der Waals surface area contributed by atoms with Crippen LogP contribution in [0.15, 0.2) is 18.5 Å². The zero-order valence-corrected chi connectivity index (χ0v) is 17.4. The molecular formula is C19H22N4O8. The number of ether oxygens (including phenoxy) is 4. The van der Waals surface area contributed by atoms with Crippen molar-refractivity contribution in [2.75, 3.05) is 11.9 Å². The third kappa shape index (κ3) is 4.97. The topological polar surface area (TPSA) is 147 Å². The number of carbonyl (C=O) groups is 4. The molecule has 0 radical (unpaired) electrons.